The Hall–Kier alpha value is -1.08. The Balaban J connectivity index is 1.75. The summed E-state index contributed by atoms with van der Waals surface area (Å²) in [7, 11) is 0. The van der Waals surface area contributed by atoms with Gasteiger partial charge in [0.05, 0.1) is 6.07 Å². The molecule has 1 unspecified atom stereocenters. The van der Waals surface area contributed by atoms with Crippen LogP contribution in [0.4, 0.5) is 0 Å². The van der Waals surface area contributed by atoms with Crippen LogP contribution in [0.15, 0.2) is 0 Å². The van der Waals surface area contributed by atoms with E-state index in [0.717, 1.165) is 32.5 Å². The molecule has 2 fully saturated rings. The first-order chi connectivity index (χ1) is 8.16. The molecule has 0 aromatic heterocycles. The molecule has 0 aromatic carbocycles. The Morgan fingerprint density at radius 3 is 2.59 bits per heavy atom. The summed E-state index contributed by atoms with van der Waals surface area (Å²) in [5.74, 6) is -0.0653. The second-order valence-corrected chi connectivity index (χ2v) is 5.43. The van der Waals surface area contributed by atoms with Crippen LogP contribution in [0, 0.1) is 16.7 Å². The van der Waals surface area contributed by atoms with Crippen molar-refractivity contribution in [2.24, 2.45) is 5.41 Å². The van der Waals surface area contributed by atoms with E-state index in [1.807, 2.05) is 6.92 Å². The Bertz CT molecular complexity index is 324. The molecule has 0 radical (unpaired) electrons. The van der Waals surface area contributed by atoms with Gasteiger partial charge >= 0.3 is 0 Å². The number of likely N-dealkylation sites (tertiary alicyclic amines) is 1. The maximum atomic E-state index is 11.9. The van der Waals surface area contributed by atoms with Crippen molar-refractivity contribution in [1.82, 2.24) is 10.2 Å². The quantitative estimate of drug-likeness (QED) is 0.798. The van der Waals surface area contributed by atoms with Crippen LogP contribution in [0.2, 0.25) is 0 Å². The molecule has 0 spiro atoms. The maximum Gasteiger partial charge on any atom is 0.240 e. The molecule has 4 heteroatoms. The van der Waals surface area contributed by atoms with Crippen molar-refractivity contribution in [3.05, 3.63) is 0 Å². The van der Waals surface area contributed by atoms with Crippen LogP contribution in [0.25, 0.3) is 0 Å². The Kier molecular flexibility index (Phi) is 3.68. The molecule has 1 saturated heterocycles. The number of rotatable bonds is 4. The second-order valence-electron chi connectivity index (χ2n) is 5.43. The van der Waals surface area contributed by atoms with Crippen molar-refractivity contribution < 1.29 is 4.79 Å². The average Bonchev–Trinajstić information content (AvgIpc) is 3.11. The molecule has 1 saturated carbocycles. The topological polar surface area (TPSA) is 56.1 Å². The zero-order valence-electron chi connectivity index (χ0n) is 10.5. The highest BCUT2D eigenvalue weighted by molar-refractivity contribution is 5.88. The van der Waals surface area contributed by atoms with Crippen molar-refractivity contribution in [2.75, 3.05) is 19.6 Å². The van der Waals surface area contributed by atoms with Crippen LogP contribution in [-0.2, 0) is 4.79 Å². The van der Waals surface area contributed by atoms with Crippen LogP contribution >= 0.6 is 0 Å². The number of nitriles is 1. The highest BCUT2D eigenvalue weighted by atomic mass is 16.2. The lowest BCUT2D eigenvalue weighted by Gasteiger charge is -2.29. The predicted octanol–water partition coefficient (Wildman–Crippen LogP) is 1.28. The number of carbonyl (C=O) groups is 1. The minimum Gasteiger partial charge on any atom is -0.351 e. The van der Waals surface area contributed by atoms with Gasteiger partial charge in [0.1, 0.15) is 5.41 Å². The molecule has 1 heterocycles. The second kappa shape index (κ2) is 5.05. The van der Waals surface area contributed by atoms with E-state index in [2.05, 4.69) is 16.3 Å². The zero-order chi connectivity index (χ0) is 12.3. The van der Waals surface area contributed by atoms with Gasteiger partial charge in [-0.05, 0) is 45.7 Å². The van der Waals surface area contributed by atoms with Crippen LogP contribution in [-0.4, -0.2) is 36.5 Å². The van der Waals surface area contributed by atoms with Gasteiger partial charge in [-0.25, -0.2) is 0 Å². The van der Waals surface area contributed by atoms with Gasteiger partial charge in [0.15, 0.2) is 0 Å². The molecule has 0 bridgehead atoms. The smallest absolute Gasteiger partial charge is 0.240 e. The van der Waals surface area contributed by atoms with E-state index in [1.54, 1.807) is 0 Å². The molecule has 1 aliphatic heterocycles. The first-order valence-corrected chi connectivity index (χ1v) is 6.61. The third-order valence-corrected chi connectivity index (χ3v) is 3.76. The van der Waals surface area contributed by atoms with E-state index in [1.165, 1.54) is 19.3 Å². The lowest BCUT2D eigenvalue weighted by molar-refractivity contribution is -0.125. The SMILES string of the molecule is CC(CN1CCCCC1)NC(=O)C1(C#N)CC1. The summed E-state index contributed by atoms with van der Waals surface area (Å²) in [4.78, 5) is 14.3. The summed E-state index contributed by atoms with van der Waals surface area (Å²) in [5.41, 5.74) is -0.684. The van der Waals surface area contributed by atoms with Crippen LogP contribution < -0.4 is 5.32 Å². The number of piperidine rings is 1. The van der Waals surface area contributed by atoms with Gasteiger partial charge in [-0.2, -0.15) is 5.26 Å². The fourth-order valence-corrected chi connectivity index (χ4v) is 2.45. The molecule has 1 N–H and O–H groups in total. The molecule has 1 amide bonds. The van der Waals surface area contributed by atoms with E-state index in [4.69, 9.17) is 5.26 Å². The fraction of sp³-hybridized carbons (Fsp3) is 0.846. The molecule has 94 valence electrons. The van der Waals surface area contributed by atoms with Crippen molar-refractivity contribution in [1.29, 1.82) is 5.26 Å². The van der Waals surface area contributed by atoms with Gasteiger partial charge in [-0.15, -0.1) is 0 Å². The van der Waals surface area contributed by atoms with E-state index in [-0.39, 0.29) is 11.9 Å². The summed E-state index contributed by atoms with van der Waals surface area (Å²) < 4.78 is 0. The van der Waals surface area contributed by atoms with Crippen LogP contribution in [0.3, 0.4) is 0 Å². The maximum absolute atomic E-state index is 11.9. The molecular formula is C13H21N3O. The van der Waals surface area contributed by atoms with Gasteiger partial charge in [0.2, 0.25) is 5.91 Å². The number of nitrogens with one attached hydrogen (secondary N) is 1. The normalized spacial score (nSPS) is 24.7. The third kappa shape index (κ3) is 2.98. The summed E-state index contributed by atoms with van der Waals surface area (Å²) in [5, 5.41) is 11.9. The monoisotopic (exact) mass is 235 g/mol. The Morgan fingerprint density at radius 2 is 2.06 bits per heavy atom. The van der Waals surface area contributed by atoms with Gasteiger partial charge in [0.25, 0.3) is 0 Å². The van der Waals surface area contributed by atoms with Crippen molar-refractivity contribution in [3.63, 3.8) is 0 Å². The van der Waals surface area contributed by atoms with E-state index in [0.29, 0.717) is 0 Å². The first kappa shape index (κ1) is 12.4. The molecule has 1 atom stereocenters. The Morgan fingerprint density at radius 1 is 1.41 bits per heavy atom. The number of hydrogen-bond acceptors (Lipinski definition) is 3. The van der Waals surface area contributed by atoms with Gasteiger partial charge < -0.3 is 10.2 Å². The molecule has 2 aliphatic rings. The fourth-order valence-electron chi connectivity index (χ4n) is 2.45. The minimum atomic E-state index is -0.684. The average molecular weight is 235 g/mol. The number of hydrogen-bond donors (Lipinski definition) is 1. The largest absolute Gasteiger partial charge is 0.351 e. The first-order valence-electron chi connectivity index (χ1n) is 6.61. The lowest BCUT2D eigenvalue weighted by Crippen LogP contribution is -2.45. The molecule has 2 rings (SSSR count). The summed E-state index contributed by atoms with van der Waals surface area (Å²) in [6.07, 6.45) is 5.32. The Labute approximate surface area is 103 Å². The zero-order valence-corrected chi connectivity index (χ0v) is 10.5. The predicted molar refractivity (Wildman–Crippen MR) is 65.2 cm³/mol. The lowest BCUT2D eigenvalue weighted by atomic mass is 10.1. The standard InChI is InChI=1S/C13H21N3O/c1-11(9-16-7-3-2-4-8-16)15-12(17)13(10-14)5-6-13/h11H,2-9H2,1H3,(H,15,17). The molecule has 17 heavy (non-hydrogen) atoms. The molecule has 0 aromatic rings. The van der Waals surface area contributed by atoms with E-state index >= 15 is 0 Å². The van der Waals surface area contributed by atoms with Crippen molar-refractivity contribution in [2.45, 2.75) is 45.1 Å². The highest BCUT2D eigenvalue weighted by Crippen LogP contribution is 2.45. The van der Waals surface area contributed by atoms with Gasteiger partial charge in [0, 0.05) is 12.6 Å². The van der Waals surface area contributed by atoms with Crippen LogP contribution in [0.5, 0.6) is 0 Å². The van der Waals surface area contributed by atoms with Crippen molar-refractivity contribution in [3.8, 4) is 6.07 Å². The highest BCUT2D eigenvalue weighted by Gasteiger charge is 2.50. The van der Waals surface area contributed by atoms with Crippen LogP contribution in [0.1, 0.15) is 39.0 Å². The number of carbonyl (C=O) groups excluding carboxylic acids is 1. The van der Waals surface area contributed by atoms with E-state index in [9.17, 15) is 4.79 Å². The molecule has 1 aliphatic carbocycles. The van der Waals surface area contributed by atoms with E-state index < -0.39 is 5.41 Å². The number of amides is 1. The summed E-state index contributed by atoms with van der Waals surface area (Å²) in [6.45, 7) is 5.22. The summed E-state index contributed by atoms with van der Waals surface area (Å²) >= 11 is 0. The number of nitrogens with zero attached hydrogens (tertiary/aromatic N) is 2. The molecule has 4 nitrogen and oxygen atoms in total. The van der Waals surface area contributed by atoms with Crippen molar-refractivity contribution >= 4 is 5.91 Å². The molecular weight excluding hydrogens is 214 g/mol. The van der Waals surface area contributed by atoms with Gasteiger partial charge in [-0.3, -0.25) is 4.79 Å². The summed E-state index contributed by atoms with van der Waals surface area (Å²) in [6, 6.07) is 2.28. The van der Waals surface area contributed by atoms with Gasteiger partial charge in [-0.1, -0.05) is 6.42 Å². The third-order valence-electron chi connectivity index (χ3n) is 3.76. The minimum absolute atomic E-state index is 0.0653.